The molecule has 0 aliphatic heterocycles. The normalized spacial score (nSPS) is 10.0. The number of H-pyrrole nitrogens is 1. The number of amides is 1. The van der Waals surface area contributed by atoms with Crippen molar-refractivity contribution in [2.75, 3.05) is 5.32 Å². The number of carbonyl (C=O) groups is 2. The minimum atomic E-state index is -1.05. The molecule has 3 N–H and O–H groups in total. The minimum absolute atomic E-state index is 0.150. The molecule has 0 spiro atoms. The first-order valence-corrected chi connectivity index (χ1v) is 4.99. The average Bonchev–Trinajstić information content (AvgIpc) is 2.22. The first-order valence-electron chi connectivity index (χ1n) is 4.99. The summed E-state index contributed by atoms with van der Waals surface area (Å²) in [6, 6.07) is 0. The van der Waals surface area contributed by atoms with Crippen LogP contribution in [0.25, 0.3) is 0 Å². The van der Waals surface area contributed by atoms with Gasteiger partial charge in [0.1, 0.15) is 11.6 Å². The summed E-state index contributed by atoms with van der Waals surface area (Å²) >= 11 is 0. The van der Waals surface area contributed by atoms with Crippen molar-refractivity contribution in [2.24, 2.45) is 0 Å². The van der Waals surface area contributed by atoms with Crippen molar-refractivity contribution in [2.45, 2.75) is 26.7 Å². The number of rotatable bonds is 4. The van der Waals surface area contributed by atoms with Crippen LogP contribution in [-0.2, 0) is 9.59 Å². The second-order valence-electron chi connectivity index (χ2n) is 3.57. The first-order chi connectivity index (χ1) is 7.90. The van der Waals surface area contributed by atoms with Crippen molar-refractivity contribution in [1.29, 1.82) is 0 Å². The smallest absolute Gasteiger partial charge is 0.303 e. The Bertz CT molecular complexity index is 507. The Morgan fingerprint density at radius 3 is 2.59 bits per heavy atom. The van der Waals surface area contributed by atoms with Gasteiger partial charge in [0.15, 0.2) is 0 Å². The number of aromatic nitrogens is 2. The number of anilines is 1. The maximum absolute atomic E-state index is 11.4. The number of nitrogens with zero attached hydrogens (tertiary/aromatic N) is 1. The zero-order chi connectivity index (χ0) is 13.0. The Labute approximate surface area is 96.9 Å². The molecule has 0 saturated carbocycles. The lowest BCUT2D eigenvalue weighted by Crippen LogP contribution is -2.21. The lowest BCUT2D eigenvalue weighted by molar-refractivity contribution is -0.138. The molecule has 0 aromatic carbocycles. The van der Waals surface area contributed by atoms with E-state index in [1.54, 1.807) is 6.92 Å². The van der Waals surface area contributed by atoms with E-state index in [0.717, 1.165) is 0 Å². The molecule has 0 radical (unpaired) electrons. The van der Waals surface area contributed by atoms with E-state index in [1.807, 2.05) is 0 Å². The van der Waals surface area contributed by atoms with Crippen LogP contribution in [0.5, 0.6) is 0 Å². The fourth-order valence-corrected chi connectivity index (χ4v) is 1.18. The molecule has 0 atom stereocenters. The van der Waals surface area contributed by atoms with E-state index in [4.69, 9.17) is 5.11 Å². The van der Waals surface area contributed by atoms with Crippen LogP contribution in [-0.4, -0.2) is 27.0 Å². The van der Waals surface area contributed by atoms with E-state index in [9.17, 15) is 14.4 Å². The second kappa shape index (κ2) is 5.24. The maximum atomic E-state index is 11.4. The van der Waals surface area contributed by atoms with Gasteiger partial charge in [0.25, 0.3) is 5.56 Å². The van der Waals surface area contributed by atoms with Crippen LogP contribution in [0.15, 0.2) is 4.79 Å². The fourth-order valence-electron chi connectivity index (χ4n) is 1.18. The monoisotopic (exact) mass is 239 g/mol. The number of carbonyl (C=O) groups excluding carboxylic acids is 1. The van der Waals surface area contributed by atoms with Crippen LogP contribution in [0.3, 0.4) is 0 Å². The zero-order valence-electron chi connectivity index (χ0n) is 9.53. The lowest BCUT2D eigenvalue weighted by Gasteiger charge is -2.06. The predicted octanol–water partition coefficient (Wildman–Crippen LogP) is 0.190. The van der Waals surface area contributed by atoms with Crippen LogP contribution in [0.1, 0.15) is 24.2 Å². The molecule has 1 aromatic heterocycles. The largest absolute Gasteiger partial charge is 0.481 e. The van der Waals surface area contributed by atoms with E-state index in [-0.39, 0.29) is 24.2 Å². The van der Waals surface area contributed by atoms with E-state index in [2.05, 4.69) is 15.3 Å². The van der Waals surface area contributed by atoms with Gasteiger partial charge < -0.3 is 15.4 Å². The summed E-state index contributed by atoms with van der Waals surface area (Å²) in [7, 11) is 0. The summed E-state index contributed by atoms with van der Waals surface area (Å²) in [5.41, 5.74) is -0.0368. The van der Waals surface area contributed by atoms with Gasteiger partial charge in [-0.05, 0) is 13.8 Å². The Kier molecular flexibility index (Phi) is 3.97. The number of aromatic amines is 1. The molecular formula is C10H13N3O4. The van der Waals surface area contributed by atoms with Crippen molar-refractivity contribution in [3.8, 4) is 0 Å². The van der Waals surface area contributed by atoms with Crippen molar-refractivity contribution in [3.05, 3.63) is 21.7 Å². The third-order valence-corrected chi connectivity index (χ3v) is 2.09. The molecule has 0 saturated heterocycles. The summed E-state index contributed by atoms with van der Waals surface area (Å²) in [5.74, 6) is -0.976. The molecule has 92 valence electrons. The van der Waals surface area contributed by atoms with Gasteiger partial charge in [0.05, 0.1) is 12.0 Å². The van der Waals surface area contributed by atoms with Crippen molar-refractivity contribution in [3.63, 3.8) is 0 Å². The molecule has 1 amide bonds. The summed E-state index contributed by atoms with van der Waals surface area (Å²) in [4.78, 5) is 39.5. The third kappa shape index (κ3) is 3.71. The molecule has 0 unspecified atom stereocenters. The van der Waals surface area contributed by atoms with Crippen LogP contribution in [0.2, 0.25) is 0 Å². The maximum Gasteiger partial charge on any atom is 0.303 e. The summed E-state index contributed by atoms with van der Waals surface area (Å²) < 4.78 is 0. The van der Waals surface area contributed by atoms with Crippen molar-refractivity contribution >= 4 is 17.7 Å². The molecule has 1 heterocycles. The second-order valence-corrected chi connectivity index (χ2v) is 3.57. The van der Waals surface area contributed by atoms with Gasteiger partial charge in [-0.3, -0.25) is 14.4 Å². The van der Waals surface area contributed by atoms with Gasteiger partial charge in [-0.15, -0.1) is 0 Å². The Balaban J connectivity index is 2.78. The first kappa shape index (κ1) is 12.9. The number of hydrogen-bond donors (Lipinski definition) is 3. The predicted molar refractivity (Wildman–Crippen MR) is 59.8 cm³/mol. The fraction of sp³-hybridized carbons (Fsp3) is 0.400. The number of aliphatic carboxylic acids is 1. The average molecular weight is 239 g/mol. The number of carboxylic acid groups (broad SMARTS) is 1. The Hall–Kier alpha value is -2.18. The molecule has 17 heavy (non-hydrogen) atoms. The summed E-state index contributed by atoms with van der Waals surface area (Å²) in [6.45, 7) is 3.12. The third-order valence-electron chi connectivity index (χ3n) is 2.09. The zero-order valence-corrected chi connectivity index (χ0v) is 9.53. The van der Waals surface area contributed by atoms with E-state index in [0.29, 0.717) is 11.4 Å². The van der Waals surface area contributed by atoms with Crippen LogP contribution >= 0.6 is 0 Å². The van der Waals surface area contributed by atoms with E-state index >= 15 is 0 Å². The quantitative estimate of drug-likeness (QED) is 0.694. The molecule has 0 aliphatic rings. The van der Waals surface area contributed by atoms with Crippen LogP contribution in [0, 0.1) is 13.8 Å². The number of nitrogens with one attached hydrogen (secondary N) is 2. The molecule has 0 aliphatic carbocycles. The van der Waals surface area contributed by atoms with Gasteiger partial charge in [-0.1, -0.05) is 0 Å². The van der Waals surface area contributed by atoms with Gasteiger partial charge in [-0.2, -0.15) is 0 Å². The topological polar surface area (TPSA) is 112 Å². The Morgan fingerprint density at radius 1 is 1.35 bits per heavy atom. The van der Waals surface area contributed by atoms with E-state index < -0.39 is 11.9 Å². The highest BCUT2D eigenvalue weighted by molar-refractivity contribution is 5.92. The summed E-state index contributed by atoms with van der Waals surface area (Å²) in [6.07, 6.45) is -0.407. The summed E-state index contributed by atoms with van der Waals surface area (Å²) in [5, 5.41) is 10.8. The van der Waals surface area contributed by atoms with Crippen molar-refractivity contribution in [1.82, 2.24) is 9.97 Å². The molecule has 0 bridgehead atoms. The standard InChI is InChI=1S/C10H13N3O4/c1-5-9(11-6(2)12-10(5)17)13-7(14)3-4-8(15)16/h3-4H2,1-2H3,(H,15,16)(H2,11,12,13,14,17). The van der Waals surface area contributed by atoms with Crippen molar-refractivity contribution < 1.29 is 14.7 Å². The van der Waals surface area contributed by atoms with Gasteiger partial charge in [0, 0.05) is 6.42 Å². The molecule has 7 nitrogen and oxygen atoms in total. The van der Waals surface area contributed by atoms with E-state index in [1.165, 1.54) is 6.92 Å². The molecule has 0 fully saturated rings. The minimum Gasteiger partial charge on any atom is -0.481 e. The highest BCUT2D eigenvalue weighted by Crippen LogP contribution is 2.06. The van der Waals surface area contributed by atoms with Gasteiger partial charge in [0.2, 0.25) is 5.91 Å². The lowest BCUT2D eigenvalue weighted by atomic mass is 10.3. The number of carboxylic acids is 1. The SMILES string of the molecule is Cc1nc(NC(=O)CCC(=O)O)c(C)c(=O)[nH]1. The van der Waals surface area contributed by atoms with Crippen LogP contribution < -0.4 is 10.9 Å². The highest BCUT2D eigenvalue weighted by atomic mass is 16.4. The molecule has 7 heteroatoms. The van der Waals surface area contributed by atoms with Gasteiger partial charge >= 0.3 is 5.97 Å². The number of aryl methyl sites for hydroxylation is 1. The Morgan fingerprint density at radius 2 is 2.00 bits per heavy atom. The molecule has 1 aromatic rings. The number of hydrogen-bond acceptors (Lipinski definition) is 4. The molecular weight excluding hydrogens is 226 g/mol. The van der Waals surface area contributed by atoms with Crippen LogP contribution in [0.4, 0.5) is 5.82 Å². The molecule has 1 rings (SSSR count). The highest BCUT2D eigenvalue weighted by Gasteiger charge is 2.10. The van der Waals surface area contributed by atoms with Gasteiger partial charge in [-0.25, -0.2) is 4.98 Å².